The molecule has 5 aliphatic heterocycles. The van der Waals surface area contributed by atoms with E-state index in [9.17, 15) is 24.6 Å². The topological polar surface area (TPSA) is 209 Å². The second-order valence-corrected chi connectivity index (χ2v) is 18.6. The smallest absolute Gasteiger partial charge is 0.759 e. The molecular weight excluding hydrogens is 961 g/mol. The second kappa shape index (κ2) is 29.1. The Morgan fingerprint density at radius 2 is 0.971 bits per heavy atom. The third-order valence-electron chi connectivity index (χ3n) is 13.8. The van der Waals surface area contributed by atoms with Crippen molar-refractivity contribution in [3.63, 3.8) is 0 Å². The summed E-state index contributed by atoms with van der Waals surface area (Å²) in [6.45, 7) is 3.78. The Kier molecular flexibility index (Phi) is 26.0. The van der Waals surface area contributed by atoms with Gasteiger partial charge in [0.25, 0.3) is 0 Å². The van der Waals surface area contributed by atoms with Crippen LogP contribution in [-0.4, -0.2) is 151 Å². The van der Waals surface area contributed by atoms with Crippen LogP contribution in [0, 0.1) is 0 Å². The van der Waals surface area contributed by atoms with E-state index in [4.69, 9.17) is 31.7 Å². The molecule has 0 saturated carbocycles. The summed E-state index contributed by atoms with van der Waals surface area (Å²) in [5.41, 5.74) is 2.29. The first-order valence-electron chi connectivity index (χ1n) is 22.8. The summed E-state index contributed by atoms with van der Waals surface area (Å²) in [6, 6.07) is 31.0. The maximum atomic E-state index is 12.4. The normalized spacial score (nSPS) is 24.6. The quantitative estimate of drug-likeness (QED) is 0.0945. The molecule has 6 atom stereocenters. The Labute approximate surface area is 424 Å². The number of nitrogens with zero attached hydrogens (tertiary/aromatic N) is 3. The molecule has 5 heterocycles. The lowest BCUT2D eigenvalue weighted by Gasteiger charge is -2.38. The van der Waals surface area contributed by atoms with Crippen molar-refractivity contribution in [1.82, 2.24) is 14.7 Å². The number of esters is 3. The van der Waals surface area contributed by atoms with E-state index in [-0.39, 0.29) is 83.4 Å². The Bertz CT molecular complexity index is 1940. The molecule has 19 heteroatoms. The number of hydrogen-bond donors (Lipinski definition) is 2. The van der Waals surface area contributed by atoms with Gasteiger partial charge < -0.3 is 48.2 Å². The fourth-order valence-electron chi connectivity index (χ4n) is 10.0. The van der Waals surface area contributed by atoms with Gasteiger partial charge in [0.2, 0.25) is 0 Å². The number of aliphatic hydroxyl groups excluding tert-OH is 2. The van der Waals surface area contributed by atoms with Crippen LogP contribution in [0.15, 0.2) is 91.0 Å². The molecule has 0 spiro atoms. The molecule has 0 aromatic heterocycles. The largest absolute Gasteiger partial charge is 1.00 e. The van der Waals surface area contributed by atoms with Crippen molar-refractivity contribution in [2.45, 2.75) is 125 Å². The van der Waals surface area contributed by atoms with Gasteiger partial charge in [-0.15, -0.1) is 37.2 Å². The number of carbonyl (C=O) groups excluding carboxylic acids is 3. The highest BCUT2D eigenvalue weighted by Crippen LogP contribution is 2.38. The van der Waals surface area contributed by atoms with Crippen LogP contribution < -0.4 is 0 Å². The maximum absolute atomic E-state index is 12.4. The highest BCUT2D eigenvalue weighted by molar-refractivity contribution is 7.79. The number of piperidine rings is 3. The number of hydrogen-bond acceptors (Lipinski definition) is 15. The van der Waals surface area contributed by atoms with Crippen molar-refractivity contribution in [2.24, 2.45) is 0 Å². The van der Waals surface area contributed by atoms with Gasteiger partial charge >= 0.3 is 20.8 Å². The van der Waals surface area contributed by atoms with E-state index in [1.807, 2.05) is 97.9 Å². The highest BCUT2D eigenvalue weighted by atomic mass is 35.5. The van der Waals surface area contributed by atoms with Gasteiger partial charge in [0.1, 0.15) is 24.0 Å². The number of halogens is 3. The monoisotopic (exact) mass is 1030 g/mol. The molecule has 8 rings (SSSR count). The van der Waals surface area contributed by atoms with Crippen LogP contribution in [0.5, 0.6) is 0 Å². The summed E-state index contributed by atoms with van der Waals surface area (Å²) < 4.78 is 50.8. The van der Waals surface area contributed by atoms with Crippen molar-refractivity contribution < 1.29 is 59.2 Å². The first-order valence-corrected chi connectivity index (χ1v) is 24.1. The average molecular weight is 1030 g/mol. The van der Waals surface area contributed by atoms with Crippen molar-refractivity contribution in [3.8, 4) is 0 Å². The third kappa shape index (κ3) is 17.2. The van der Waals surface area contributed by atoms with Crippen LogP contribution in [-0.2, 0) is 44.4 Å². The van der Waals surface area contributed by atoms with Crippen LogP contribution in [0.1, 0.15) is 103 Å². The lowest BCUT2D eigenvalue weighted by molar-refractivity contribution is -0.156. The first-order chi connectivity index (χ1) is 31.1. The molecule has 6 unspecified atom stereocenters. The molecular formula is C49H72Cl3N3O12S. The SMILES string of the molecule is CCOC(=O)C1(c2ccccc2)CCN(C)CC1.CN1C2CCC1CC(OC(=O)C(CO)c1ccccc1)C2.CN1C2CCC1CC(OC(=O)C(CO)c1ccccc1)C2.Cl.Cl.Cl.O=S(=O)([O-])[O-].[H+].[H+]. The highest BCUT2D eigenvalue weighted by Gasteiger charge is 2.44. The number of rotatable bonds is 11. The van der Waals surface area contributed by atoms with Crippen molar-refractivity contribution in [2.75, 3.05) is 54.1 Å². The van der Waals surface area contributed by atoms with Gasteiger partial charge in [0, 0.05) is 34.6 Å². The summed E-state index contributed by atoms with van der Waals surface area (Å²) >= 11 is 0. The van der Waals surface area contributed by atoms with Gasteiger partial charge in [-0.25, -0.2) is 0 Å². The van der Waals surface area contributed by atoms with E-state index >= 15 is 0 Å². The van der Waals surface area contributed by atoms with Crippen LogP contribution in [0.4, 0.5) is 0 Å². The van der Waals surface area contributed by atoms with Crippen molar-refractivity contribution in [1.29, 1.82) is 0 Å². The molecule has 15 nitrogen and oxygen atoms in total. The lowest BCUT2D eigenvalue weighted by Crippen LogP contribution is -2.47. The third-order valence-corrected chi connectivity index (χ3v) is 13.8. The van der Waals surface area contributed by atoms with Crippen LogP contribution in [0.25, 0.3) is 0 Å². The minimum atomic E-state index is -5.17. The molecule has 3 aromatic carbocycles. The zero-order valence-electron chi connectivity index (χ0n) is 41.3. The predicted octanol–water partition coefficient (Wildman–Crippen LogP) is 6.23. The molecule has 4 bridgehead atoms. The zero-order valence-corrected chi connectivity index (χ0v) is 42.6. The molecule has 0 radical (unpaired) electrons. The lowest BCUT2D eigenvalue weighted by atomic mass is 9.73. The van der Waals surface area contributed by atoms with E-state index in [0.717, 1.165) is 68.3 Å². The van der Waals surface area contributed by atoms with Gasteiger partial charge in [0.15, 0.2) is 0 Å². The molecule has 3 aromatic rings. The number of ether oxygens (including phenoxy) is 3. The number of carbonyl (C=O) groups is 3. The molecule has 68 heavy (non-hydrogen) atoms. The summed E-state index contributed by atoms with van der Waals surface area (Å²) in [5.74, 6) is -1.79. The number of fused-ring (bicyclic) bond motifs is 4. The summed E-state index contributed by atoms with van der Waals surface area (Å²) in [4.78, 5) is 44.2. The van der Waals surface area contributed by atoms with Gasteiger partial charge in [-0.1, -0.05) is 91.0 Å². The van der Waals surface area contributed by atoms with Gasteiger partial charge in [-0.2, -0.15) is 0 Å². The Hall–Kier alpha value is -3.39. The van der Waals surface area contributed by atoms with Crippen molar-refractivity contribution >= 4 is 65.5 Å². The van der Waals surface area contributed by atoms with Crippen molar-refractivity contribution in [3.05, 3.63) is 108 Å². The first kappa shape index (κ1) is 60.7. The number of aliphatic hydroxyl groups is 2. The molecule has 2 N–H and O–H groups in total. The van der Waals surface area contributed by atoms with Gasteiger partial charge in [-0.05, 0) is 122 Å². The van der Waals surface area contributed by atoms with E-state index < -0.39 is 27.6 Å². The van der Waals surface area contributed by atoms with E-state index in [2.05, 4.69) is 35.8 Å². The molecule has 0 amide bonds. The molecule has 5 saturated heterocycles. The Balaban J connectivity index is 0.000000942. The maximum Gasteiger partial charge on any atom is 1.00 e. The zero-order chi connectivity index (χ0) is 47.1. The van der Waals surface area contributed by atoms with Gasteiger partial charge in [0.05, 0.1) is 25.2 Å². The van der Waals surface area contributed by atoms with Crippen LogP contribution >= 0.6 is 37.2 Å². The second-order valence-electron chi connectivity index (χ2n) is 17.8. The standard InChI is InChI=1S/2C17H23NO3.C15H21NO2.3ClH.H2O4S/c2*1-18-13-7-8-14(18)10-15(9-13)21-17(20)16(11-19)12-5-3-2-4-6-12;1-3-18-14(17)15(9-11-16(2)12-10-15)13-7-5-4-6-8-13;;;;1-5(2,3)4/h2*2-6,13-16,19H,7-11H2,1H3;4-8H,3,9-12H2,1-2H3;3*1H;(H2,1,2,3,4). The Morgan fingerprint density at radius 1 is 0.647 bits per heavy atom. The van der Waals surface area contributed by atoms with Gasteiger partial charge in [-0.3, -0.25) is 22.8 Å². The predicted molar refractivity (Wildman–Crippen MR) is 266 cm³/mol. The molecule has 0 aliphatic carbocycles. The molecule has 5 aliphatic rings. The summed E-state index contributed by atoms with van der Waals surface area (Å²) in [6.07, 6.45) is 10.2. The average Bonchev–Trinajstić information content (AvgIpc) is 3.59. The van der Waals surface area contributed by atoms with Crippen LogP contribution in [0.2, 0.25) is 0 Å². The minimum Gasteiger partial charge on any atom is -0.759 e. The van der Waals surface area contributed by atoms with E-state index in [1.165, 1.54) is 25.7 Å². The fraction of sp³-hybridized carbons (Fsp3) is 0.571. The van der Waals surface area contributed by atoms with E-state index in [0.29, 0.717) is 30.8 Å². The number of likely N-dealkylation sites (tertiary alicyclic amines) is 1. The Morgan fingerprint density at radius 3 is 1.28 bits per heavy atom. The fourth-order valence-corrected chi connectivity index (χ4v) is 10.0. The summed E-state index contributed by atoms with van der Waals surface area (Å²) in [5, 5.41) is 19.1. The summed E-state index contributed by atoms with van der Waals surface area (Å²) in [7, 11) is 1.27. The molecule has 382 valence electrons. The molecule has 5 fully saturated rings. The van der Waals surface area contributed by atoms with E-state index in [1.54, 1.807) is 0 Å². The minimum absolute atomic E-state index is 0. The number of benzene rings is 3. The van der Waals surface area contributed by atoms with Crippen LogP contribution in [0.3, 0.4) is 0 Å².